The molecule has 5 N–H and O–H groups in total. The number of anilines is 1. The van der Waals surface area contributed by atoms with Gasteiger partial charge in [0.15, 0.2) is 11.6 Å². The smallest absolute Gasteiger partial charge is 0.159 e. The van der Waals surface area contributed by atoms with Gasteiger partial charge >= 0.3 is 0 Å². The number of hydrogen-bond donors (Lipinski definition) is 3. The lowest BCUT2D eigenvalue weighted by Crippen LogP contribution is -2.30. The van der Waals surface area contributed by atoms with Gasteiger partial charge in [0, 0.05) is 5.69 Å². The van der Waals surface area contributed by atoms with Crippen LogP contribution >= 0.6 is 0 Å². The normalized spacial score (nSPS) is 12.4. The van der Waals surface area contributed by atoms with E-state index in [9.17, 15) is 13.2 Å². The quantitative estimate of drug-likeness (QED) is 0.458. The summed E-state index contributed by atoms with van der Waals surface area (Å²) in [4.78, 5) is 0. The van der Waals surface area contributed by atoms with Crippen molar-refractivity contribution in [3.8, 4) is 0 Å². The Kier molecular flexibility index (Phi) is 4.26. The lowest BCUT2D eigenvalue weighted by atomic mass is 9.98. The lowest BCUT2D eigenvalue weighted by molar-refractivity contribution is 0.502. The van der Waals surface area contributed by atoms with Crippen molar-refractivity contribution in [1.82, 2.24) is 5.43 Å². The fourth-order valence-corrected chi connectivity index (χ4v) is 2.01. The molecule has 0 aliphatic heterocycles. The van der Waals surface area contributed by atoms with Crippen molar-refractivity contribution in [3.63, 3.8) is 0 Å². The van der Waals surface area contributed by atoms with Crippen LogP contribution in [0.5, 0.6) is 0 Å². The molecule has 0 aromatic heterocycles. The number of hydrogen-bond acceptors (Lipinski definition) is 3. The van der Waals surface area contributed by atoms with Crippen molar-refractivity contribution in [3.05, 3.63) is 65.0 Å². The Balaban J connectivity index is 2.28. The van der Waals surface area contributed by atoms with Crippen LogP contribution in [0, 0.1) is 17.5 Å². The molecular weight excluding hydrogens is 267 g/mol. The molecule has 0 bridgehead atoms. The van der Waals surface area contributed by atoms with Crippen LogP contribution in [0.3, 0.4) is 0 Å². The molecule has 106 valence electrons. The summed E-state index contributed by atoms with van der Waals surface area (Å²) in [7, 11) is 0. The second kappa shape index (κ2) is 5.94. The van der Waals surface area contributed by atoms with E-state index >= 15 is 0 Å². The van der Waals surface area contributed by atoms with Crippen LogP contribution in [0.15, 0.2) is 36.4 Å². The number of nitrogens with one attached hydrogen (secondary N) is 1. The molecule has 0 heterocycles. The van der Waals surface area contributed by atoms with Gasteiger partial charge in [0.2, 0.25) is 0 Å². The van der Waals surface area contributed by atoms with Gasteiger partial charge in [-0.1, -0.05) is 6.07 Å². The fraction of sp³-hybridized carbons (Fsp3) is 0.143. The van der Waals surface area contributed by atoms with E-state index in [1.54, 1.807) is 0 Å². The Hall–Kier alpha value is -2.05. The maximum atomic E-state index is 13.3. The minimum atomic E-state index is -0.939. The zero-order chi connectivity index (χ0) is 14.7. The molecule has 1 unspecified atom stereocenters. The molecule has 0 saturated carbocycles. The maximum absolute atomic E-state index is 13.3. The SMILES string of the molecule is NNC(Cc1ccc(F)c(F)c1)c1cc(F)ccc1N. The van der Waals surface area contributed by atoms with E-state index < -0.39 is 23.5 Å². The van der Waals surface area contributed by atoms with Crippen LogP contribution < -0.4 is 17.0 Å². The Bertz CT molecular complexity index is 617. The van der Waals surface area contributed by atoms with Crippen molar-refractivity contribution in [2.24, 2.45) is 5.84 Å². The van der Waals surface area contributed by atoms with Crippen LogP contribution in [0.1, 0.15) is 17.2 Å². The van der Waals surface area contributed by atoms with E-state index in [0.29, 0.717) is 16.8 Å². The van der Waals surface area contributed by atoms with Gasteiger partial charge in [-0.15, -0.1) is 0 Å². The summed E-state index contributed by atoms with van der Waals surface area (Å²) in [6, 6.07) is 6.99. The highest BCUT2D eigenvalue weighted by Gasteiger charge is 2.15. The van der Waals surface area contributed by atoms with Crippen molar-refractivity contribution in [2.45, 2.75) is 12.5 Å². The van der Waals surface area contributed by atoms with Gasteiger partial charge in [-0.05, 0) is 47.9 Å². The van der Waals surface area contributed by atoms with Crippen molar-refractivity contribution >= 4 is 5.69 Å². The molecule has 20 heavy (non-hydrogen) atoms. The molecule has 2 rings (SSSR count). The summed E-state index contributed by atoms with van der Waals surface area (Å²) in [5, 5.41) is 0. The summed E-state index contributed by atoms with van der Waals surface area (Å²) in [6.07, 6.45) is 0.251. The van der Waals surface area contributed by atoms with Crippen LogP contribution in [-0.4, -0.2) is 0 Å². The van der Waals surface area contributed by atoms with Crippen molar-refractivity contribution < 1.29 is 13.2 Å². The van der Waals surface area contributed by atoms with E-state index in [0.717, 1.165) is 12.1 Å². The molecule has 0 spiro atoms. The van der Waals surface area contributed by atoms with Gasteiger partial charge < -0.3 is 5.73 Å². The molecule has 3 nitrogen and oxygen atoms in total. The van der Waals surface area contributed by atoms with E-state index in [1.165, 1.54) is 24.3 Å². The predicted octanol–water partition coefficient (Wildman–Crippen LogP) is 2.43. The number of hydrazine groups is 1. The average Bonchev–Trinajstić information content (AvgIpc) is 2.43. The minimum absolute atomic E-state index is 0.251. The minimum Gasteiger partial charge on any atom is -0.398 e. The third-order valence-corrected chi connectivity index (χ3v) is 3.05. The highest BCUT2D eigenvalue weighted by atomic mass is 19.2. The molecule has 0 fully saturated rings. The summed E-state index contributed by atoms with van der Waals surface area (Å²) >= 11 is 0. The monoisotopic (exact) mass is 281 g/mol. The standard InChI is InChI=1S/C14H14F3N3/c15-9-2-4-13(18)10(7-9)14(20-19)6-8-1-3-11(16)12(17)5-8/h1-5,7,14,20H,6,18-19H2. The van der Waals surface area contributed by atoms with Crippen molar-refractivity contribution in [1.29, 1.82) is 0 Å². The van der Waals surface area contributed by atoms with Crippen LogP contribution in [0.2, 0.25) is 0 Å². The average molecular weight is 281 g/mol. The largest absolute Gasteiger partial charge is 0.398 e. The number of benzene rings is 2. The Morgan fingerprint density at radius 3 is 2.40 bits per heavy atom. The summed E-state index contributed by atoms with van der Waals surface area (Å²) in [5.74, 6) is 3.14. The Morgan fingerprint density at radius 2 is 1.75 bits per heavy atom. The van der Waals surface area contributed by atoms with Gasteiger partial charge in [0.05, 0.1) is 6.04 Å². The zero-order valence-electron chi connectivity index (χ0n) is 10.5. The van der Waals surface area contributed by atoms with Crippen LogP contribution in [-0.2, 0) is 6.42 Å². The van der Waals surface area contributed by atoms with E-state index in [1.807, 2.05) is 0 Å². The molecule has 0 radical (unpaired) electrons. The first kappa shape index (κ1) is 14.4. The second-order valence-electron chi connectivity index (χ2n) is 4.45. The van der Waals surface area contributed by atoms with E-state index in [4.69, 9.17) is 11.6 Å². The Labute approximate surface area is 114 Å². The molecule has 0 aliphatic rings. The molecule has 0 amide bonds. The number of nitrogen functional groups attached to an aromatic ring is 1. The highest BCUT2D eigenvalue weighted by molar-refractivity contribution is 5.49. The molecular formula is C14H14F3N3. The molecule has 1 atom stereocenters. The maximum Gasteiger partial charge on any atom is 0.159 e. The molecule has 2 aromatic carbocycles. The number of rotatable bonds is 4. The highest BCUT2D eigenvalue weighted by Crippen LogP contribution is 2.24. The van der Waals surface area contributed by atoms with Crippen LogP contribution in [0.4, 0.5) is 18.9 Å². The fourth-order valence-electron chi connectivity index (χ4n) is 2.01. The molecule has 0 aliphatic carbocycles. The second-order valence-corrected chi connectivity index (χ2v) is 4.45. The third-order valence-electron chi connectivity index (χ3n) is 3.05. The third kappa shape index (κ3) is 3.09. The summed E-state index contributed by atoms with van der Waals surface area (Å²) in [6.45, 7) is 0. The van der Waals surface area contributed by atoms with Gasteiger partial charge in [-0.3, -0.25) is 11.3 Å². The van der Waals surface area contributed by atoms with Gasteiger partial charge in [0.25, 0.3) is 0 Å². The first-order valence-corrected chi connectivity index (χ1v) is 5.96. The molecule has 0 saturated heterocycles. The van der Waals surface area contributed by atoms with E-state index in [2.05, 4.69) is 5.43 Å². The summed E-state index contributed by atoms with van der Waals surface area (Å²) < 4.78 is 39.3. The lowest BCUT2D eigenvalue weighted by Gasteiger charge is -2.18. The first-order valence-electron chi connectivity index (χ1n) is 5.96. The van der Waals surface area contributed by atoms with E-state index in [-0.39, 0.29) is 6.42 Å². The Morgan fingerprint density at radius 1 is 1.00 bits per heavy atom. The summed E-state index contributed by atoms with van der Waals surface area (Å²) in [5.41, 5.74) is 9.65. The predicted molar refractivity (Wildman–Crippen MR) is 70.9 cm³/mol. The molecule has 2 aromatic rings. The van der Waals surface area contributed by atoms with Gasteiger partial charge in [0.1, 0.15) is 5.82 Å². The zero-order valence-corrected chi connectivity index (χ0v) is 10.5. The molecule has 6 heteroatoms. The number of nitrogens with two attached hydrogens (primary N) is 2. The first-order chi connectivity index (χ1) is 9.51. The van der Waals surface area contributed by atoms with Gasteiger partial charge in [-0.25, -0.2) is 13.2 Å². The van der Waals surface area contributed by atoms with Gasteiger partial charge in [-0.2, -0.15) is 0 Å². The number of halogens is 3. The van der Waals surface area contributed by atoms with Crippen molar-refractivity contribution in [2.75, 3.05) is 5.73 Å². The topological polar surface area (TPSA) is 64.1 Å². The van der Waals surface area contributed by atoms with Crippen LogP contribution in [0.25, 0.3) is 0 Å².